The van der Waals surface area contributed by atoms with Crippen molar-refractivity contribution in [2.45, 2.75) is 13.0 Å². The predicted molar refractivity (Wildman–Crippen MR) is 86.6 cm³/mol. The summed E-state index contributed by atoms with van der Waals surface area (Å²) in [4.78, 5) is 1.14. The van der Waals surface area contributed by atoms with Crippen LogP contribution in [0.15, 0.2) is 32.5 Å². The first-order chi connectivity index (χ1) is 9.02. The van der Waals surface area contributed by atoms with E-state index >= 15 is 0 Å². The molecule has 0 aliphatic carbocycles. The third kappa shape index (κ3) is 3.58. The Bertz CT molecular complexity index is 569. The van der Waals surface area contributed by atoms with Gasteiger partial charge in [-0.05, 0) is 62.2 Å². The van der Waals surface area contributed by atoms with Crippen molar-refractivity contribution >= 4 is 54.8 Å². The molecule has 0 bridgehead atoms. The van der Waals surface area contributed by atoms with E-state index in [1.54, 1.807) is 23.5 Å². The zero-order valence-electron chi connectivity index (χ0n) is 10.0. The van der Waals surface area contributed by atoms with Crippen molar-refractivity contribution in [1.82, 2.24) is 5.32 Å². The molecule has 102 valence electrons. The molecule has 0 saturated carbocycles. The molecule has 0 fully saturated rings. The van der Waals surface area contributed by atoms with Gasteiger partial charge in [-0.25, -0.2) is 4.39 Å². The van der Waals surface area contributed by atoms with E-state index in [0.29, 0.717) is 0 Å². The number of benzene rings is 1. The lowest BCUT2D eigenvalue weighted by Gasteiger charge is -2.17. The van der Waals surface area contributed by atoms with E-state index in [1.165, 1.54) is 6.07 Å². The Kier molecular flexibility index (Phi) is 5.43. The van der Waals surface area contributed by atoms with E-state index < -0.39 is 5.82 Å². The van der Waals surface area contributed by atoms with Gasteiger partial charge in [0.25, 0.3) is 0 Å². The second kappa shape index (κ2) is 6.68. The molecule has 1 atom stereocenters. The highest BCUT2D eigenvalue weighted by atomic mass is 79.9. The molecule has 19 heavy (non-hydrogen) atoms. The summed E-state index contributed by atoms with van der Waals surface area (Å²) in [5.74, 6) is -0.394. The minimum atomic E-state index is -0.394. The molecule has 2 aromatic rings. The molecule has 2 rings (SSSR count). The van der Waals surface area contributed by atoms with Gasteiger partial charge in [-0.1, -0.05) is 24.6 Å². The van der Waals surface area contributed by atoms with Crippen molar-refractivity contribution in [3.8, 4) is 0 Å². The van der Waals surface area contributed by atoms with Crippen LogP contribution in [0.1, 0.15) is 23.4 Å². The average molecular weight is 428 g/mol. The summed E-state index contributed by atoms with van der Waals surface area (Å²) < 4.78 is 15.3. The van der Waals surface area contributed by atoms with Crippen LogP contribution in [0, 0.1) is 5.82 Å². The molecule has 1 unspecified atom stereocenters. The number of halogens is 4. The van der Waals surface area contributed by atoms with Crippen LogP contribution in [-0.2, 0) is 0 Å². The lowest BCUT2D eigenvalue weighted by atomic mass is 10.1. The SMILES string of the molecule is CCNC(c1ccc(F)c(Cl)c1)c1cc(Br)c(Br)s1. The van der Waals surface area contributed by atoms with Crippen LogP contribution < -0.4 is 5.32 Å². The monoisotopic (exact) mass is 425 g/mol. The van der Waals surface area contributed by atoms with Crippen molar-refractivity contribution < 1.29 is 4.39 Å². The summed E-state index contributed by atoms with van der Waals surface area (Å²) in [6.45, 7) is 2.85. The van der Waals surface area contributed by atoms with Crippen LogP contribution in [0.25, 0.3) is 0 Å². The van der Waals surface area contributed by atoms with E-state index in [1.807, 2.05) is 6.92 Å². The van der Waals surface area contributed by atoms with Crippen molar-refractivity contribution in [3.05, 3.63) is 53.8 Å². The zero-order chi connectivity index (χ0) is 14.0. The van der Waals surface area contributed by atoms with Gasteiger partial charge in [-0.2, -0.15) is 0 Å². The topological polar surface area (TPSA) is 12.0 Å². The van der Waals surface area contributed by atoms with Gasteiger partial charge < -0.3 is 5.32 Å². The average Bonchev–Trinajstić information content (AvgIpc) is 2.70. The Labute approximate surface area is 137 Å². The van der Waals surface area contributed by atoms with Crippen molar-refractivity contribution in [1.29, 1.82) is 0 Å². The Morgan fingerprint density at radius 1 is 1.37 bits per heavy atom. The Balaban J connectivity index is 2.41. The third-order valence-corrected chi connectivity index (χ3v) is 6.24. The van der Waals surface area contributed by atoms with Crippen molar-refractivity contribution in [3.63, 3.8) is 0 Å². The highest BCUT2D eigenvalue weighted by Gasteiger charge is 2.18. The van der Waals surface area contributed by atoms with Gasteiger partial charge in [-0.3, -0.25) is 0 Å². The van der Waals surface area contributed by atoms with Crippen molar-refractivity contribution in [2.24, 2.45) is 0 Å². The fourth-order valence-corrected chi connectivity index (χ4v) is 4.17. The lowest BCUT2D eigenvalue weighted by molar-refractivity contribution is 0.617. The quantitative estimate of drug-likeness (QED) is 0.654. The number of thiophene rings is 1. The van der Waals surface area contributed by atoms with E-state index in [9.17, 15) is 4.39 Å². The summed E-state index contributed by atoms with van der Waals surface area (Å²) in [7, 11) is 0. The summed E-state index contributed by atoms with van der Waals surface area (Å²) in [6.07, 6.45) is 0. The maximum atomic E-state index is 13.3. The minimum absolute atomic E-state index is 0.00991. The zero-order valence-corrected chi connectivity index (χ0v) is 14.8. The minimum Gasteiger partial charge on any atom is -0.306 e. The normalized spacial score (nSPS) is 12.7. The summed E-state index contributed by atoms with van der Waals surface area (Å²) in [6, 6.07) is 6.90. The van der Waals surface area contributed by atoms with Gasteiger partial charge in [0.15, 0.2) is 0 Å². The number of nitrogens with one attached hydrogen (secondary N) is 1. The largest absolute Gasteiger partial charge is 0.306 e. The lowest BCUT2D eigenvalue weighted by Crippen LogP contribution is -2.21. The van der Waals surface area contributed by atoms with Crippen LogP contribution in [0.5, 0.6) is 0 Å². The molecular formula is C13H11Br2ClFNS. The molecule has 0 spiro atoms. The van der Waals surface area contributed by atoms with Gasteiger partial charge in [0.05, 0.1) is 14.9 Å². The third-order valence-electron chi connectivity index (χ3n) is 2.63. The summed E-state index contributed by atoms with van der Waals surface area (Å²) >= 11 is 14.5. The highest BCUT2D eigenvalue weighted by molar-refractivity contribution is 9.13. The van der Waals surface area contributed by atoms with Gasteiger partial charge >= 0.3 is 0 Å². The first-order valence-electron chi connectivity index (χ1n) is 5.66. The molecule has 1 N–H and O–H groups in total. The van der Waals surface area contributed by atoms with Gasteiger partial charge in [0.1, 0.15) is 5.82 Å². The smallest absolute Gasteiger partial charge is 0.141 e. The maximum absolute atomic E-state index is 13.3. The molecular weight excluding hydrogens is 416 g/mol. The van der Waals surface area contributed by atoms with E-state index in [0.717, 1.165) is 25.2 Å². The fourth-order valence-electron chi connectivity index (χ4n) is 1.78. The molecule has 1 heterocycles. The summed E-state index contributed by atoms with van der Waals surface area (Å²) in [5, 5.41) is 3.54. The van der Waals surface area contributed by atoms with Crippen LogP contribution in [0.4, 0.5) is 4.39 Å². The maximum Gasteiger partial charge on any atom is 0.141 e. The van der Waals surface area contributed by atoms with E-state index in [-0.39, 0.29) is 11.1 Å². The molecule has 1 nitrogen and oxygen atoms in total. The molecule has 0 aliphatic rings. The summed E-state index contributed by atoms with van der Waals surface area (Å²) in [5.41, 5.74) is 0.953. The van der Waals surface area contributed by atoms with Gasteiger partial charge in [0.2, 0.25) is 0 Å². The second-order valence-electron chi connectivity index (χ2n) is 3.93. The first-order valence-corrected chi connectivity index (χ1v) is 8.44. The number of hydrogen-bond acceptors (Lipinski definition) is 2. The molecule has 0 amide bonds. The van der Waals surface area contributed by atoms with Gasteiger partial charge in [0, 0.05) is 9.35 Å². The molecule has 0 aliphatic heterocycles. The molecule has 0 radical (unpaired) electrons. The van der Waals surface area contributed by atoms with Crippen molar-refractivity contribution in [2.75, 3.05) is 6.54 Å². The Morgan fingerprint density at radius 3 is 2.63 bits per heavy atom. The number of hydrogen-bond donors (Lipinski definition) is 1. The van der Waals surface area contributed by atoms with E-state index in [4.69, 9.17) is 11.6 Å². The van der Waals surface area contributed by atoms with Crippen LogP contribution in [0.2, 0.25) is 5.02 Å². The predicted octanol–water partition coefficient (Wildman–Crippen LogP) is 5.76. The fraction of sp³-hybridized carbons (Fsp3) is 0.231. The number of rotatable bonds is 4. The Morgan fingerprint density at radius 2 is 2.11 bits per heavy atom. The molecule has 0 saturated heterocycles. The van der Waals surface area contributed by atoms with Crippen LogP contribution >= 0.6 is 54.8 Å². The molecule has 1 aromatic heterocycles. The van der Waals surface area contributed by atoms with Crippen LogP contribution in [0.3, 0.4) is 0 Å². The second-order valence-corrected chi connectivity index (χ2v) is 7.60. The highest BCUT2D eigenvalue weighted by Crippen LogP contribution is 2.38. The standard InChI is InChI=1S/C13H11Br2ClFNS/c1-2-18-12(11-6-8(14)13(15)19-11)7-3-4-10(17)9(16)5-7/h3-6,12,18H,2H2,1H3. The Hall–Kier alpha value is 0.0600. The first kappa shape index (κ1) is 15.4. The van der Waals surface area contributed by atoms with Crippen LogP contribution in [-0.4, -0.2) is 6.54 Å². The molecule has 1 aromatic carbocycles. The molecule has 6 heteroatoms. The van der Waals surface area contributed by atoms with E-state index in [2.05, 4.69) is 43.2 Å². The van der Waals surface area contributed by atoms with Gasteiger partial charge in [-0.15, -0.1) is 11.3 Å².